The molecule has 0 unspecified atom stereocenters. The molecule has 4 N–H and O–H groups in total. The van der Waals surface area contributed by atoms with Crippen molar-refractivity contribution < 1.29 is 4.39 Å². The van der Waals surface area contributed by atoms with E-state index in [0.29, 0.717) is 0 Å². The molecule has 0 spiro atoms. The second-order valence-corrected chi connectivity index (χ2v) is 2.92. The number of benzene rings is 1. The SMILES string of the molecule is NN(N)c1cc(Br)ccc1F. The minimum absolute atomic E-state index is 0.152. The lowest BCUT2D eigenvalue weighted by molar-refractivity contribution is 0.620. The van der Waals surface area contributed by atoms with Gasteiger partial charge in [-0.3, -0.25) is 0 Å². The summed E-state index contributed by atoms with van der Waals surface area (Å²) < 4.78 is 13.5. The van der Waals surface area contributed by atoms with E-state index < -0.39 is 5.82 Å². The normalized spacial score (nSPS) is 9.82. The molecule has 0 radical (unpaired) electrons. The average Bonchev–Trinajstić information content (AvgIpc) is 1.94. The van der Waals surface area contributed by atoms with Gasteiger partial charge in [-0.2, -0.15) is 0 Å². The predicted molar refractivity (Wildman–Crippen MR) is 45.0 cm³/mol. The minimum Gasteiger partial charge on any atom is -0.244 e. The standard InChI is InChI=1S/C6H7BrFN3/c7-4-1-2-5(8)6(3-4)11(9)10/h1-3H,9-10H2. The molecule has 0 aliphatic rings. The second-order valence-electron chi connectivity index (χ2n) is 2.00. The summed E-state index contributed by atoms with van der Waals surface area (Å²) in [6.45, 7) is 0. The van der Waals surface area contributed by atoms with Crippen molar-refractivity contribution in [1.29, 1.82) is 0 Å². The van der Waals surface area contributed by atoms with E-state index in [1.807, 2.05) is 0 Å². The highest BCUT2D eigenvalue weighted by Crippen LogP contribution is 2.20. The lowest BCUT2D eigenvalue weighted by Gasteiger charge is -2.11. The highest BCUT2D eigenvalue weighted by molar-refractivity contribution is 9.10. The Morgan fingerprint density at radius 3 is 2.45 bits per heavy atom. The lowest BCUT2D eigenvalue weighted by atomic mass is 10.3. The van der Waals surface area contributed by atoms with Gasteiger partial charge >= 0.3 is 0 Å². The summed E-state index contributed by atoms with van der Waals surface area (Å²) >= 11 is 3.16. The zero-order valence-corrected chi connectivity index (χ0v) is 7.18. The molecule has 0 saturated heterocycles. The molecule has 60 valence electrons. The topological polar surface area (TPSA) is 55.3 Å². The smallest absolute Gasteiger partial charge is 0.149 e. The van der Waals surface area contributed by atoms with E-state index in [-0.39, 0.29) is 5.69 Å². The van der Waals surface area contributed by atoms with Gasteiger partial charge in [0.25, 0.3) is 0 Å². The number of rotatable bonds is 1. The highest BCUT2D eigenvalue weighted by atomic mass is 79.9. The van der Waals surface area contributed by atoms with Crippen molar-refractivity contribution in [2.24, 2.45) is 11.7 Å². The van der Waals surface area contributed by atoms with E-state index in [0.717, 1.165) is 9.59 Å². The van der Waals surface area contributed by atoms with Crippen molar-refractivity contribution in [3.63, 3.8) is 0 Å². The number of hydrogen-bond donors (Lipinski definition) is 2. The third-order valence-corrected chi connectivity index (χ3v) is 1.68. The summed E-state index contributed by atoms with van der Waals surface area (Å²) in [5.74, 6) is 9.82. The molecular formula is C6H7BrFN3. The van der Waals surface area contributed by atoms with Gasteiger partial charge in [-0.05, 0) is 18.2 Å². The van der Waals surface area contributed by atoms with Gasteiger partial charge < -0.3 is 0 Å². The van der Waals surface area contributed by atoms with Gasteiger partial charge in [-0.15, -0.1) is 0 Å². The molecule has 1 aromatic carbocycles. The van der Waals surface area contributed by atoms with E-state index >= 15 is 0 Å². The summed E-state index contributed by atoms with van der Waals surface area (Å²) in [7, 11) is 0. The van der Waals surface area contributed by atoms with Gasteiger partial charge in [0, 0.05) is 4.47 Å². The highest BCUT2D eigenvalue weighted by Gasteiger charge is 2.04. The second kappa shape index (κ2) is 3.17. The molecule has 5 heteroatoms. The molecule has 0 atom stereocenters. The van der Waals surface area contributed by atoms with Crippen molar-refractivity contribution in [3.8, 4) is 0 Å². The fraction of sp³-hybridized carbons (Fsp3) is 0. The zero-order chi connectivity index (χ0) is 8.43. The van der Waals surface area contributed by atoms with Crippen LogP contribution in [0.3, 0.4) is 0 Å². The Bertz CT molecular complexity index is 264. The van der Waals surface area contributed by atoms with Crippen LogP contribution in [0.5, 0.6) is 0 Å². The maximum Gasteiger partial charge on any atom is 0.149 e. The number of hydrazine groups is 2. The van der Waals surface area contributed by atoms with Gasteiger partial charge in [0.2, 0.25) is 0 Å². The van der Waals surface area contributed by atoms with Crippen LogP contribution in [0.1, 0.15) is 0 Å². The monoisotopic (exact) mass is 219 g/mol. The third kappa shape index (κ3) is 1.89. The van der Waals surface area contributed by atoms with Crippen molar-refractivity contribution >= 4 is 21.6 Å². The summed E-state index contributed by atoms with van der Waals surface area (Å²) in [5.41, 5.74) is 0.152. The van der Waals surface area contributed by atoms with E-state index in [2.05, 4.69) is 15.9 Å². The van der Waals surface area contributed by atoms with Crippen LogP contribution < -0.4 is 16.8 Å². The quantitative estimate of drug-likeness (QED) is 0.551. The molecule has 3 nitrogen and oxygen atoms in total. The van der Waals surface area contributed by atoms with Gasteiger partial charge in [-0.25, -0.2) is 21.2 Å². The number of hydrogen-bond acceptors (Lipinski definition) is 3. The summed E-state index contributed by atoms with van der Waals surface area (Å²) in [5, 5.41) is 0.736. The molecule has 0 amide bonds. The zero-order valence-electron chi connectivity index (χ0n) is 5.59. The maximum atomic E-state index is 12.8. The van der Waals surface area contributed by atoms with Crippen LogP contribution in [-0.4, -0.2) is 0 Å². The molecule has 11 heavy (non-hydrogen) atoms. The molecule has 1 rings (SSSR count). The van der Waals surface area contributed by atoms with E-state index in [9.17, 15) is 4.39 Å². The molecule has 0 heterocycles. The first kappa shape index (κ1) is 8.45. The Kier molecular flexibility index (Phi) is 2.43. The molecule has 0 aliphatic carbocycles. The van der Waals surface area contributed by atoms with Gasteiger partial charge in [0.05, 0.1) is 0 Å². The summed E-state index contributed by atoms with van der Waals surface area (Å²) in [4.78, 5) is 0. The fourth-order valence-corrected chi connectivity index (χ4v) is 1.03. The summed E-state index contributed by atoms with van der Waals surface area (Å²) in [6.07, 6.45) is 0. The van der Waals surface area contributed by atoms with Crippen LogP contribution in [0.15, 0.2) is 22.7 Å². The first-order chi connectivity index (χ1) is 5.11. The average molecular weight is 220 g/mol. The van der Waals surface area contributed by atoms with Crippen LogP contribution in [0.25, 0.3) is 0 Å². The first-order valence-electron chi connectivity index (χ1n) is 2.86. The Morgan fingerprint density at radius 1 is 1.36 bits per heavy atom. The number of halogens is 2. The Balaban J connectivity index is 3.13. The molecule has 0 fully saturated rings. The van der Waals surface area contributed by atoms with Gasteiger partial charge in [0.15, 0.2) is 0 Å². The van der Waals surface area contributed by atoms with E-state index in [4.69, 9.17) is 11.7 Å². The predicted octanol–water partition coefficient (Wildman–Crippen LogP) is 1.14. The van der Waals surface area contributed by atoms with E-state index in [1.54, 1.807) is 6.07 Å². The largest absolute Gasteiger partial charge is 0.244 e. The summed E-state index contributed by atoms with van der Waals surface area (Å²) in [6, 6.07) is 4.35. The number of anilines is 1. The van der Waals surface area contributed by atoms with Crippen LogP contribution in [0, 0.1) is 5.82 Å². The first-order valence-corrected chi connectivity index (χ1v) is 3.65. The van der Waals surface area contributed by atoms with Crippen LogP contribution in [0.2, 0.25) is 0 Å². The third-order valence-electron chi connectivity index (χ3n) is 1.19. The fourth-order valence-electron chi connectivity index (χ4n) is 0.684. The van der Waals surface area contributed by atoms with Crippen LogP contribution >= 0.6 is 15.9 Å². The molecule has 1 aromatic rings. The Morgan fingerprint density at radius 2 is 2.00 bits per heavy atom. The number of nitrogens with two attached hydrogens (primary N) is 2. The van der Waals surface area contributed by atoms with Gasteiger partial charge in [-0.1, -0.05) is 15.9 Å². The van der Waals surface area contributed by atoms with Crippen molar-refractivity contribution in [2.75, 3.05) is 5.12 Å². The maximum absolute atomic E-state index is 12.8. The lowest BCUT2D eigenvalue weighted by Crippen LogP contribution is -2.38. The van der Waals surface area contributed by atoms with Crippen molar-refractivity contribution in [3.05, 3.63) is 28.5 Å². The minimum atomic E-state index is -0.446. The molecule has 0 aliphatic heterocycles. The van der Waals surface area contributed by atoms with E-state index in [1.165, 1.54) is 12.1 Å². The number of nitrogens with zero attached hydrogens (tertiary/aromatic N) is 1. The van der Waals surface area contributed by atoms with Crippen LogP contribution in [0.4, 0.5) is 10.1 Å². The molecule has 0 bridgehead atoms. The Labute approximate surface area is 71.8 Å². The van der Waals surface area contributed by atoms with Crippen molar-refractivity contribution in [1.82, 2.24) is 0 Å². The molecular weight excluding hydrogens is 213 g/mol. The Hall–Kier alpha value is -0.650. The molecule has 0 saturated carbocycles. The van der Waals surface area contributed by atoms with Gasteiger partial charge in [0.1, 0.15) is 11.5 Å². The van der Waals surface area contributed by atoms with Crippen molar-refractivity contribution in [2.45, 2.75) is 0 Å². The van der Waals surface area contributed by atoms with Crippen LogP contribution in [-0.2, 0) is 0 Å². The molecule has 0 aromatic heterocycles.